The molecule has 1 radical (unpaired) electrons. The number of azo groups is 1. The van der Waals surface area contributed by atoms with Crippen LogP contribution >= 0.6 is 0 Å². The Bertz CT molecular complexity index is 1240. The number of rotatable bonds is 4. The van der Waals surface area contributed by atoms with Gasteiger partial charge in [0.1, 0.15) is 16.3 Å². The van der Waals surface area contributed by atoms with Crippen LogP contribution in [-0.2, 0) is 16.7 Å². The van der Waals surface area contributed by atoms with Gasteiger partial charge in [-0.2, -0.15) is 8.42 Å². The minimum Gasteiger partial charge on any atom is -0.493 e. The molecular formula is C18H17N3NaO5S. The molecule has 2 aromatic carbocycles. The Kier molecular flexibility index (Phi) is 6.79. The van der Waals surface area contributed by atoms with Crippen LogP contribution in [0.2, 0.25) is 0 Å². The maximum atomic E-state index is 11.9. The fourth-order valence-electron chi connectivity index (χ4n) is 2.85. The second-order valence-corrected chi connectivity index (χ2v) is 7.25. The van der Waals surface area contributed by atoms with E-state index >= 15 is 0 Å². The van der Waals surface area contributed by atoms with Gasteiger partial charge in [-0.15, -0.1) is 10.2 Å². The summed E-state index contributed by atoms with van der Waals surface area (Å²) in [5, 5.41) is 19.1. The van der Waals surface area contributed by atoms with E-state index in [2.05, 4.69) is 10.2 Å². The molecule has 141 valence electrons. The Morgan fingerprint density at radius 3 is 2.43 bits per heavy atom. The van der Waals surface area contributed by atoms with Crippen LogP contribution < -0.4 is 5.56 Å². The Balaban J connectivity index is 0.00000280. The van der Waals surface area contributed by atoms with Crippen molar-refractivity contribution in [1.82, 2.24) is 4.57 Å². The Morgan fingerprint density at radius 1 is 1.11 bits per heavy atom. The number of benzene rings is 2. The van der Waals surface area contributed by atoms with Crippen LogP contribution in [-0.4, -0.2) is 52.2 Å². The SMILES string of the molecule is CCn1c(O)c(N=Nc2ccc3ccccc3c2S(=O)(=O)O)c(C)cc1=O.[Na]. The first-order valence-corrected chi connectivity index (χ1v) is 9.52. The van der Waals surface area contributed by atoms with Gasteiger partial charge in [-0.05, 0) is 30.9 Å². The van der Waals surface area contributed by atoms with Crippen molar-refractivity contribution in [3.8, 4) is 5.88 Å². The van der Waals surface area contributed by atoms with Crippen molar-refractivity contribution < 1.29 is 18.1 Å². The predicted octanol–water partition coefficient (Wildman–Crippen LogP) is 3.32. The number of hydrogen-bond donors (Lipinski definition) is 2. The third-order valence-electron chi connectivity index (χ3n) is 4.14. The number of aryl methyl sites for hydroxylation is 1. The minimum atomic E-state index is -4.58. The largest absolute Gasteiger partial charge is 0.493 e. The molecule has 0 bridgehead atoms. The number of nitrogens with zero attached hydrogens (tertiary/aromatic N) is 3. The van der Waals surface area contributed by atoms with Gasteiger partial charge in [-0.1, -0.05) is 30.3 Å². The molecule has 0 fully saturated rings. The molecule has 0 unspecified atom stereocenters. The van der Waals surface area contributed by atoms with Crippen LogP contribution in [0.25, 0.3) is 10.8 Å². The summed E-state index contributed by atoms with van der Waals surface area (Å²) in [6, 6.07) is 11.0. The maximum Gasteiger partial charge on any atom is 0.297 e. The normalized spacial score (nSPS) is 11.7. The molecule has 0 spiro atoms. The monoisotopic (exact) mass is 410 g/mol. The smallest absolute Gasteiger partial charge is 0.297 e. The number of pyridine rings is 1. The Hall–Kier alpha value is -2.04. The van der Waals surface area contributed by atoms with Crippen molar-refractivity contribution in [3.63, 3.8) is 0 Å². The first-order valence-electron chi connectivity index (χ1n) is 8.08. The zero-order chi connectivity index (χ0) is 19.8. The number of aromatic nitrogens is 1. The van der Waals surface area contributed by atoms with E-state index in [1.54, 1.807) is 44.2 Å². The molecule has 1 aromatic heterocycles. The van der Waals surface area contributed by atoms with Gasteiger partial charge in [0.05, 0.1) is 0 Å². The van der Waals surface area contributed by atoms with E-state index in [1.807, 2.05) is 0 Å². The van der Waals surface area contributed by atoms with Gasteiger partial charge < -0.3 is 5.11 Å². The number of aromatic hydroxyl groups is 1. The summed E-state index contributed by atoms with van der Waals surface area (Å²) in [6.07, 6.45) is 0. The molecular weight excluding hydrogens is 393 g/mol. The van der Waals surface area contributed by atoms with Gasteiger partial charge in [0.15, 0.2) is 0 Å². The summed E-state index contributed by atoms with van der Waals surface area (Å²) < 4.78 is 34.6. The van der Waals surface area contributed by atoms with Crippen molar-refractivity contribution in [2.75, 3.05) is 0 Å². The summed E-state index contributed by atoms with van der Waals surface area (Å²) in [7, 11) is -4.58. The molecule has 8 nitrogen and oxygen atoms in total. The van der Waals surface area contributed by atoms with E-state index in [-0.39, 0.29) is 63.8 Å². The van der Waals surface area contributed by atoms with Crippen molar-refractivity contribution in [2.45, 2.75) is 25.3 Å². The fourth-order valence-corrected chi connectivity index (χ4v) is 3.69. The van der Waals surface area contributed by atoms with Crippen molar-refractivity contribution >= 4 is 61.8 Å². The van der Waals surface area contributed by atoms with Crippen LogP contribution in [0.15, 0.2) is 62.4 Å². The third kappa shape index (κ3) is 4.18. The standard InChI is InChI=1S/C18H17N3O5S.Na/c1-3-21-15(22)10-11(2)16(18(21)23)20-19-14-9-8-12-6-4-5-7-13(12)17(14)27(24,25)26;/h4-10,23H,3H2,1-2H3,(H,24,25,26);. The molecule has 1 heterocycles. The van der Waals surface area contributed by atoms with E-state index in [4.69, 9.17) is 0 Å². The maximum absolute atomic E-state index is 11.9. The molecule has 3 rings (SSSR count). The van der Waals surface area contributed by atoms with Crippen LogP contribution in [0.1, 0.15) is 12.5 Å². The zero-order valence-corrected chi connectivity index (χ0v) is 18.4. The van der Waals surface area contributed by atoms with Gasteiger partial charge in [-0.3, -0.25) is 13.9 Å². The van der Waals surface area contributed by atoms with E-state index in [9.17, 15) is 22.9 Å². The van der Waals surface area contributed by atoms with Crippen LogP contribution in [0.4, 0.5) is 11.4 Å². The summed E-state index contributed by atoms with van der Waals surface area (Å²) in [4.78, 5) is 11.5. The van der Waals surface area contributed by atoms with Gasteiger partial charge >= 0.3 is 0 Å². The topological polar surface area (TPSA) is 121 Å². The van der Waals surface area contributed by atoms with Crippen molar-refractivity contribution in [2.24, 2.45) is 10.2 Å². The summed E-state index contributed by atoms with van der Waals surface area (Å²) in [5.74, 6) is -0.361. The van der Waals surface area contributed by atoms with Gasteiger partial charge in [0, 0.05) is 47.6 Å². The molecule has 0 saturated heterocycles. The first-order chi connectivity index (χ1) is 12.7. The average molecular weight is 410 g/mol. The van der Waals surface area contributed by atoms with Gasteiger partial charge in [0.25, 0.3) is 15.7 Å². The van der Waals surface area contributed by atoms with E-state index < -0.39 is 10.1 Å². The zero-order valence-electron chi connectivity index (χ0n) is 15.6. The van der Waals surface area contributed by atoms with Crippen LogP contribution in [0.3, 0.4) is 0 Å². The first kappa shape index (κ1) is 22.3. The van der Waals surface area contributed by atoms with Crippen LogP contribution in [0.5, 0.6) is 5.88 Å². The summed E-state index contributed by atoms with van der Waals surface area (Å²) in [6.45, 7) is 3.51. The average Bonchev–Trinajstić information content (AvgIpc) is 2.60. The quantitative estimate of drug-likeness (QED) is 0.388. The number of fused-ring (bicyclic) bond motifs is 1. The third-order valence-corrected chi connectivity index (χ3v) is 5.08. The van der Waals surface area contributed by atoms with E-state index in [0.717, 1.165) is 4.57 Å². The molecule has 0 aliphatic heterocycles. The van der Waals surface area contributed by atoms with Gasteiger partial charge in [-0.25, -0.2) is 0 Å². The summed E-state index contributed by atoms with van der Waals surface area (Å²) in [5.41, 5.74) is -0.0222. The molecule has 10 heteroatoms. The van der Waals surface area contributed by atoms with Crippen molar-refractivity contribution in [3.05, 3.63) is 58.4 Å². The second-order valence-electron chi connectivity index (χ2n) is 5.89. The Morgan fingerprint density at radius 2 is 1.79 bits per heavy atom. The predicted molar refractivity (Wildman–Crippen MR) is 106 cm³/mol. The van der Waals surface area contributed by atoms with Crippen molar-refractivity contribution in [1.29, 1.82) is 0 Å². The molecule has 0 aliphatic carbocycles. The number of hydrogen-bond acceptors (Lipinski definition) is 6. The summed E-state index contributed by atoms with van der Waals surface area (Å²) >= 11 is 0. The molecule has 2 N–H and O–H groups in total. The minimum absolute atomic E-state index is 0. The molecule has 28 heavy (non-hydrogen) atoms. The van der Waals surface area contributed by atoms with Crippen LogP contribution in [0, 0.1) is 6.92 Å². The van der Waals surface area contributed by atoms with E-state index in [1.165, 1.54) is 12.1 Å². The molecule has 0 aliphatic rings. The van der Waals surface area contributed by atoms with Gasteiger partial charge in [0.2, 0.25) is 5.88 Å². The molecule has 0 amide bonds. The second kappa shape index (κ2) is 8.54. The molecule has 0 atom stereocenters. The van der Waals surface area contributed by atoms with E-state index in [0.29, 0.717) is 16.3 Å². The molecule has 0 saturated carbocycles. The Labute approximate surface area is 183 Å². The molecule has 3 aromatic rings. The fraction of sp³-hybridized carbons (Fsp3) is 0.167.